The molecular formula is C50H91O13P. The van der Waals surface area contributed by atoms with Crippen LogP contribution in [0.3, 0.4) is 0 Å². The number of carbonyl (C=O) groups excluding carboxylic acids is 2. The van der Waals surface area contributed by atoms with Gasteiger partial charge in [0.15, 0.2) is 6.10 Å². The Morgan fingerprint density at radius 1 is 0.500 bits per heavy atom. The predicted octanol–water partition coefficient (Wildman–Crippen LogP) is 10.6. The van der Waals surface area contributed by atoms with Gasteiger partial charge in [-0.05, 0) is 44.9 Å². The highest BCUT2D eigenvalue weighted by Gasteiger charge is 2.51. The quantitative estimate of drug-likeness (QED) is 0.0146. The molecule has 0 aromatic carbocycles. The second-order valence-corrected chi connectivity index (χ2v) is 19.1. The van der Waals surface area contributed by atoms with Crippen LogP contribution in [0.1, 0.15) is 213 Å². The Balaban J connectivity index is 2.39. The van der Waals surface area contributed by atoms with Crippen LogP contribution >= 0.6 is 7.82 Å². The zero-order valence-electron chi connectivity index (χ0n) is 39.8. The smallest absolute Gasteiger partial charge is 0.462 e. The van der Waals surface area contributed by atoms with E-state index in [1.54, 1.807) is 0 Å². The second kappa shape index (κ2) is 40.2. The van der Waals surface area contributed by atoms with E-state index in [0.717, 1.165) is 70.6 Å². The summed E-state index contributed by atoms with van der Waals surface area (Å²) < 4.78 is 33.6. The lowest BCUT2D eigenvalue weighted by atomic mass is 9.85. The van der Waals surface area contributed by atoms with Crippen molar-refractivity contribution >= 4 is 19.8 Å². The first-order valence-corrected chi connectivity index (χ1v) is 26.8. The highest BCUT2D eigenvalue weighted by atomic mass is 31.2. The fraction of sp³-hybridized carbons (Fsp3) is 0.840. The molecule has 1 aliphatic carbocycles. The van der Waals surface area contributed by atoms with Crippen molar-refractivity contribution in [3.05, 3.63) is 36.5 Å². The maximum absolute atomic E-state index is 12.8. The average molecular weight is 931 g/mol. The Bertz CT molecular complexity index is 1260. The first kappa shape index (κ1) is 60.1. The highest BCUT2D eigenvalue weighted by Crippen LogP contribution is 2.47. The van der Waals surface area contributed by atoms with Crippen molar-refractivity contribution in [2.75, 3.05) is 13.2 Å². The molecule has 14 heteroatoms. The van der Waals surface area contributed by atoms with Crippen molar-refractivity contribution in [3.8, 4) is 0 Å². The van der Waals surface area contributed by atoms with Crippen LogP contribution in [0.2, 0.25) is 0 Å². The topological polar surface area (TPSA) is 210 Å². The molecule has 6 unspecified atom stereocenters. The van der Waals surface area contributed by atoms with Crippen molar-refractivity contribution in [1.29, 1.82) is 0 Å². The van der Waals surface area contributed by atoms with E-state index in [-0.39, 0.29) is 12.8 Å². The fourth-order valence-electron chi connectivity index (χ4n) is 7.72. The summed E-state index contributed by atoms with van der Waals surface area (Å²) >= 11 is 0. The van der Waals surface area contributed by atoms with Crippen LogP contribution in [0.15, 0.2) is 36.5 Å². The molecule has 0 saturated heterocycles. The average Bonchev–Trinajstić information content (AvgIpc) is 3.28. The minimum Gasteiger partial charge on any atom is -0.462 e. The van der Waals surface area contributed by atoms with E-state index in [1.165, 1.54) is 103 Å². The molecule has 374 valence electrons. The van der Waals surface area contributed by atoms with E-state index in [9.17, 15) is 44.6 Å². The van der Waals surface area contributed by atoms with Gasteiger partial charge in [-0.2, -0.15) is 0 Å². The Kier molecular flexibility index (Phi) is 37.7. The first-order chi connectivity index (χ1) is 30.9. The molecule has 0 aliphatic heterocycles. The number of unbranched alkanes of at least 4 members (excludes halogenated alkanes) is 24. The van der Waals surface area contributed by atoms with Gasteiger partial charge in [-0.3, -0.25) is 18.6 Å². The summed E-state index contributed by atoms with van der Waals surface area (Å²) in [4.78, 5) is 35.8. The fourth-order valence-corrected chi connectivity index (χ4v) is 8.69. The van der Waals surface area contributed by atoms with E-state index in [1.807, 2.05) is 0 Å². The molecule has 1 fully saturated rings. The summed E-state index contributed by atoms with van der Waals surface area (Å²) in [6.07, 6.45) is 33.4. The third kappa shape index (κ3) is 31.9. The number of rotatable bonds is 42. The lowest BCUT2D eigenvalue weighted by Gasteiger charge is -2.41. The molecule has 1 saturated carbocycles. The molecule has 0 radical (unpaired) electrons. The number of hydrogen-bond donors (Lipinski definition) is 6. The minimum atomic E-state index is -5.12. The van der Waals surface area contributed by atoms with Crippen LogP contribution < -0.4 is 0 Å². The zero-order valence-corrected chi connectivity index (χ0v) is 40.7. The summed E-state index contributed by atoms with van der Waals surface area (Å²) in [6.45, 7) is 3.20. The highest BCUT2D eigenvalue weighted by molar-refractivity contribution is 7.47. The summed E-state index contributed by atoms with van der Waals surface area (Å²) in [5, 5.41) is 50.2. The molecule has 8 atom stereocenters. The Labute approximate surface area is 387 Å². The number of esters is 2. The number of ether oxygens (including phenoxy) is 2. The standard InChI is InChI=1S/C50H91O13P/c1-3-5-7-9-11-13-15-17-19-20-21-22-23-25-26-28-30-32-34-36-38-43(51)60-40-42(41-61-64(58,59)63-50-48(56)46(54)45(53)47(55)49(50)57)62-44(52)39-37-35-33-31-29-27-24-18-16-14-12-10-8-6-4-2/h6,8,12,14,18,24,42,45-50,53-57H,3-5,7,9-11,13,15-17,19-23,25-41H2,1-2H3,(H,58,59)/b8-6+,14-12+,24-18+/t42-,45?,46-,47?,48?,49?,50?/m0/s1. The van der Waals surface area contributed by atoms with Crippen molar-refractivity contribution in [1.82, 2.24) is 0 Å². The Morgan fingerprint density at radius 3 is 1.36 bits per heavy atom. The largest absolute Gasteiger partial charge is 0.472 e. The molecule has 0 aromatic rings. The maximum Gasteiger partial charge on any atom is 0.472 e. The van der Waals surface area contributed by atoms with Crippen LogP contribution in [0.25, 0.3) is 0 Å². The molecule has 0 heterocycles. The second-order valence-electron chi connectivity index (χ2n) is 17.7. The van der Waals surface area contributed by atoms with E-state index >= 15 is 0 Å². The molecule has 0 aromatic heterocycles. The van der Waals surface area contributed by atoms with Gasteiger partial charge in [0.05, 0.1) is 6.61 Å². The van der Waals surface area contributed by atoms with Gasteiger partial charge < -0.3 is 39.9 Å². The van der Waals surface area contributed by atoms with E-state index < -0.39 is 75.7 Å². The maximum atomic E-state index is 12.8. The minimum absolute atomic E-state index is 0.0787. The summed E-state index contributed by atoms with van der Waals surface area (Å²) in [5.41, 5.74) is 0. The van der Waals surface area contributed by atoms with Crippen LogP contribution in [0, 0.1) is 0 Å². The van der Waals surface area contributed by atoms with Crippen LogP contribution in [-0.2, 0) is 32.7 Å². The molecule has 6 N–H and O–H groups in total. The third-order valence-electron chi connectivity index (χ3n) is 11.7. The van der Waals surface area contributed by atoms with Crippen molar-refractivity contribution in [3.63, 3.8) is 0 Å². The number of carbonyl (C=O) groups is 2. The number of allylic oxidation sites excluding steroid dienone is 6. The summed E-state index contributed by atoms with van der Waals surface area (Å²) in [7, 11) is -5.12. The molecule has 1 rings (SSSR count). The molecule has 0 amide bonds. The van der Waals surface area contributed by atoms with Gasteiger partial charge in [-0.15, -0.1) is 0 Å². The molecule has 13 nitrogen and oxygen atoms in total. The van der Waals surface area contributed by atoms with Gasteiger partial charge in [0.25, 0.3) is 0 Å². The van der Waals surface area contributed by atoms with E-state index in [2.05, 4.69) is 50.3 Å². The predicted molar refractivity (Wildman–Crippen MR) is 253 cm³/mol. The van der Waals surface area contributed by atoms with E-state index in [4.69, 9.17) is 18.5 Å². The van der Waals surface area contributed by atoms with Gasteiger partial charge in [0, 0.05) is 12.8 Å². The van der Waals surface area contributed by atoms with Crippen LogP contribution in [0.4, 0.5) is 0 Å². The van der Waals surface area contributed by atoms with E-state index in [0.29, 0.717) is 12.8 Å². The van der Waals surface area contributed by atoms with Crippen molar-refractivity contribution < 1.29 is 63.1 Å². The zero-order chi connectivity index (χ0) is 47.1. The molecular weight excluding hydrogens is 840 g/mol. The molecule has 0 spiro atoms. The lowest BCUT2D eigenvalue weighted by molar-refractivity contribution is -0.220. The van der Waals surface area contributed by atoms with Crippen LogP contribution in [0.5, 0.6) is 0 Å². The summed E-state index contributed by atoms with van der Waals surface area (Å²) in [5.74, 6) is -1.11. The molecule has 0 bridgehead atoms. The van der Waals surface area contributed by atoms with Gasteiger partial charge in [0.1, 0.15) is 43.2 Å². The van der Waals surface area contributed by atoms with Gasteiger partial charge in [0.2, 0.25) is 0 Å². The van der Waals surface area contributed by atoms with Gasteiger partial charge in [-0.1, -0.05) is 192 Å². The van der Waals surface area contributed by atoms with Gasteiger partial charge in [-0.25, -0.2) is 4.57 Å². The van der Waals surface area contributed by atoms with Crippen LogP contribution in [-0.4, -0.2) is 98.3 Å². The normalized spacial score (nSPS) is 21.8. The Hall–Kier alpha value is -1.93. The monoisotopic (exact) mass is 931 g/mol. The number of hydrogen-bond acceptors (Lipinski definition) is 12. The number of aliphatic hydroxyl groups is 5. The Morgan fingerprint density at radius 2 is 0.891 bits per heavy atom. The number of phosphoric acid groups is 1. The van der Waals surface area contributed by atoms with Crippen molar-refractivity contribution in [2.24, 2.45) is 0 Å². The van der Waals surface area contributed by atoms with Crippen molar-refractivity contribution in [2.45, 2.75) is 256 Å². The summed E-state index contributed by atoms with van der Waals surface area (Å²) in [6, 6.07) is 0. The number of aliphatic hydroxyl groups excluding tert-OH is 5. The number of phosphoric ester groups is 1. The molecule has 64 heavy (non-hydrogen) atoms. The third-order valence-corrected chi connectivity index (χ3v) is 12.7. The lowest BCUT2D eigenvalue weighted by Crippen LogP contribution is -2.64. The molecule has 1 aliphatic rings. The SMILES string of the molecule is CC/C=C/C/C=C/C/C=C/CCCCCCCC(=O)O[C@@H](COC(=O)CCCCCCCCCCCCCCCCCCCCCC)COP(=O)(O)OC1C(O)C(O)C(O)[C@H](O)C1O. The first-order valence-electron chi connectivity index (χ1n) is 25.3. The van der Waals surface area contributed by atoms with Gasteiger partial charge >= 0.3 is 19.8 Å².